The van der Waals surface area contributed by atoms with Crippen LogP contribution in [0.5, 0.6) is 5.75 Å². The van der Waals surface area contributed by atoms with E-state index in [4.69, 9.17) is 15.2 Å². The van der Waals surface area contributed by atoms with Gasteiger partial charge in [0.05, 0.1) is 25.1 Å². The Morgan fingerprint density at radius 1 is 1.56 bits per heavy atom. The summed E-state index contributed by atoms with van der Waals surface area (Å²) in [5.74, 6) is 2.29. The largest absolute Gasteiger partial charge is 0.490 e. The molecule has 0 bridgehead atoms. The lowest BCUT2D eigenvalue weighted by Gasteiger charge is -2.14. The molecule has 1 fully saturated rings. The summed E-state index contributed by atoms with van der Waals surface area (Å²) in [6, 6.07) is 0. The number of hydrogen-bond donors (Lipinski definition) is 1. The molecule has 5 nitrogen and oxygen atoms in total. The van der Waals surface area contributed by atoms with Gasteiger partial charge in [-0.1, -0.05) is 13.8 Å². The van der Waals surface area contributed by atoms with Crippen molar-refractivity contribution in [3.05, 3.63) is 17.7 Å². The summed E-state index contributed by atoms with van der Waals surface area (Å²) in [4.78, 5) is 8.75. The molecule has 0 aromatic carbocycles. The molecule has 1 saturated heterocycles. The van der Waals surface area contributed by atoms with Gasteiger partial charge in [-0.2, -0.15) is 0 Å². The van der Waals surface area contributed by atoms with Gasteiger partial charge in [0, 0.05) is 25.0 Å². The Labute approximate surface area is 108 Å². The molecule has 1 atom stereocenters. The number of rotatable bonds is 5. The van der Waals surface area contributed by atoms with Crippen molar-refractivity contribution >= 4 is 0 Å². The zero-order valence-electron chi connectivity index (χ0n) is 11.1. The third-order valence-electron chi connectivity index (χ3n) is 3.06. The SMILES string of the molecule is CC(C)c1ncc(OCC2CCOC2)c(CN)n1. The molecule has 2 N–H and O–H groups in total. The van der Waals surface area contributed by atoms with Crippen molar-refractivity contribution in [1.82, 2.24) is 9.97 Å². The first kappa shape index (κ1) is 13.2. The van der Waals surface area contributed by atoms with Crippen LogP contribution in [0, 0.1) is 5.92 Å². The molecule has 0 radical (unpaired) electrons. The first-order valence-corrected chi connectivity index (χ1v) is 6.47. The maximum absolute atomic E-state index is 5.76. The summed E-state index contributed by atoms with van der Waals surface area (Å²) < 4.78 is 11.1. The lowest BCUT2D eigenvalue weighted by Crippen LogP contribution is -2.15. The average molecular weight is 251 g/mol. The van der Waals surface area contributed by atoms with Crippen LogP contribution in [-0.4, -0.2) is 29.8 Å². The van der Waals surface area contributed by atoms with Gasteiger partial charge < -0.3 is 15.2 Å². The van der Waals surface area contributed by atoms with Gasteiger partial charge >= 0.3 is 0 Å². The average Bonchev–Trinajstić information content (AvgIpc) is 2.89. The van der Waals surface area contributed by atoms with Crippen LogP contribution in [-0.2, 0) is 11.3 Å². The van der Waals surface area contributed by atoms with Crippen LogP contribution < -0.4 is 10.5 Å². The zero-order chi connectivity index (χ0) is 13.0. The summed E-state index contributed by atoms with van der Waals surface area (Å²) in [6.07, 6.45) is 2.79. The van der Waals surface area contributed by atoms with Gasteiger partial charge in [0.1, 0.15) is 5.82 Å². The second kappa shape index (κ2) is 6.11. The fourth-order valence-corrected chi connectivity index (χ4v) is 1.89. The van der Waals surface area contributed by atoms with Gasteiger partial charge in [-0.05, 0) is 6.42 Å². The topological polar surface area (TPSA) is 70.3 Å². The summed E-state index contributed by atoms with van der Waals surface area (Å²) in [5.41, 5.74) is 6.49. The predicted molar refractivity (Wildman–Crippen MR) is 68.4 cm³/mol. The molecule has 5 heteroatoms. The maximum Gasteiger partial charge on any atom is 0.160 e. The van der Waals surface area contributed by atoms with E-state index in [-0.39, 0.29) is 0 Å². The van der Waals surface area contributed by atoms with Crippen LogP contribution in [0.15, 0.2) is 6.20 Å². The van der Waals surface area contributed by atoms with Gasteiger partial charge in [-0.3, -0.25) is 0 Å². The van der Waals surface area contributed by atoms with E-state index in [2.05, 4.69) is 23.8 Å². The second-order valence-corrected chi connectivity index (χ2v) is 4.94. The minimum absolute atomic E-state index is 0.299. The number of nitrogens with two attached hydrogens (primary N) is 1. The number of aromatic nitrogens is 2. The van der Waals surface area contributed by atoms with Crippen molar-refractivity contribution in [3.8, 4) is 5.75 Å². The molecule has 0 aliphatic carbocycles. The normalized spacial score (nSPS) is 19.4. The van der Waals surface area contributed by atoms with Crippen LogP contribution in [0.4, 0.5) is 0 Å². The Morgan fingerprint density at radius 3 is 3.00 bits per heavy atom. The van der Waals surface area contributed by atoms with E-state index in [1.54, 1.807) is 6.20 Å². The Hall–Kier alpha value is -1.20. The van der Waals surface area contributed by atoms with Gasteiger partial charge in [-0.15, -0.1) is 0 Å². The predicted octanol–water partition coefficient (Wildman–Crippen LogP) is 1.47. The highest BCUT2D eigenvalue weighted by atomic mass is 16.5. The molecule has 18 heavy (non-hydrogen) atoms. The first-order valence-electron chi connectivity index (χ1n) is 6.47. The third kappa shape index (κ3) is 3.17. The van der Waals surface area contributed by atoms with E-state index in [0.717, 1.165) is 31.2 Å². The van der Waals surface area contributed by atoms with Crippen molar-refractivity contribution < 1.29 is 9.47 Å². The molecular formula is C13H21N3O2. The maximum atomic E-state index is 5.76. The molecule has 0 amide bonds. The van der Waals surface area contributed by atoms with Crippen molar-refractivity contribution in [2.45, 2.75) is 32.7 Å². The number of nitrogens with zero attached hydrogens (tertiary/aromatic N) is 2. The van der Waals surface area contributed by atoms with Gasteiger partial charge in [-0.25, -0.2) is 9.97 Å². The zero-order valence-corrected chi connectivity index (χ0v) is 11.1. The van der Waals surface area contributed by atoms with Crippen molar-refractivity contribution in [2.75, 3.05) is 19.8 Å². The van der Waals surface area contributed by atoms with Crippen LogP contribution in [0.2, 0.25) is 0 Å². The summed E-state index contributed by atoms with van der Waals surface area (Å²) >= 11 is 0. The monoisotopic (exact) mass is 251 g/mol. The van der Waals surface area contributed by atoms with Crippen molar-refractivity contribution in [1.29, 1.82) is 0 Å². The minimum atomic E-state index is 0.299. The molecule has 100 valence electrons. The summed E-state index contributed by atoms with van der Waals surface area (Å²) in [6.45, 7) is 6.76. The number of hydrogen-bond acceptors (Lipinski definition) is 5. The molecule has 1 aliphatic rings. The van der Waals surface area contributed by atoms with E-state index in [1.165, 1.54) is 0 Å². The quantitative estimate of drug-likeness (QED) is 0.858. The fourth-order valence-electron chi connectivity index (χ4n) is 1.89. The Bertz CT molecular complexity index is 390. The smallest absolute Gasteiger partial charge is 0.160 e. The highest BCUT2D eigenvalue weighted by Crippen LogP contribution is 2.20. The Balaban J connectivity index is 2.02. The van der Waals surface area contributed by atoms with E-state index in [9.17, 15) is 0 Å². The molecule has 2 rings (SSSR count). The molecule has 0 saturated carbocycles. The van der Waals surface area contributed by atoms with Crippen molar-refractivity contribution in [2.24, 2.45) is 11.7 Å². The van der Waals surface area contributed by atoms with E-state index in [1.807, 2.05) is 0 Å². The van der Waals surface area contributed by atoms with Crippen LogP contribution in [0.25, 0.3) is 0 Å². The van der Waals surface area contributed by atoms with Gasteiger partial charge in [0.2, 0.25) is 0 Å². The third-order valence-corrected chi connectivity index (χ3v) is 3.06. The van der Waals surface area contributed by atoms with E-state index < -0.39 is 0 Å². The van der Waals surface area contributed by atoms with Crippen molar-refractivity contribution in [3.63, 3.8) is 0 Å². The molecular weight excluding hydrogens is 230 g/mol. The standard InChI is InChI=1S/C13H21N3O2/c1-9(2)13-15-6-12(11(5-14)16-13)18-8-10-3-4-17-7-10/h6,9-10H,3-5,7-8,14H2,1-2H3. The van der Waals surface area contributed by atoms with E-state index >= 15 is 0 Å². The molecule has 1 aromatic rings. The van der Waals surface area contributed by atoms with Crippen LogP contribution in [0.3, 0.4) is 0 Å². The van der Waals surface area contributed by atoms with E-state index in [0.29, 0.717) is 30.7 Å². The van der Waals surface area contributed by atoms with Crippen LogP contribution in [0.1, 0.15) is 37.7 Å². The Kier molecular flexibility index (Phi) is 4.49. The van der Waals surface area contributed by atoms with Crippen LogP contribution >= 0.6 is 0 Å². The minimum Gasteiger partial charge on any atom is -0.490 e. The first-order chi connectivity index (χ1) is 8.70. The van der Waals surface area contributed by atoms with Gasteiger partial charge in [0.25, 0.3) is 0 Å². The highest BCUT2D eigenvalue weighted by Gasteiger charge is 2.17. The molecule has 1 aromatic heterocycles. The summed E-state index contributed by atoms with van der Waals surface area (Å²) in [5, 5.41) is 0. The lowest BCUT2D eigenvalue weighted by atomic mass is 10.1. The lowest BCUT2D eigenvalue weighted by molar-refractivity contribution is 0.166. The van der Waals surface area contributed by atoms with Gasteiger partial charge in [0.15, 0.2) is 5.75 Å². The summed E-state index contributed by atoms with van der Waals surface area (Å²) in [7, 11) is 0. The number of ether oxygens (including phenoxy) is 2. The second-order valence-electron chi connectivity index (χ2n) is 4.94. The molecule has 2 heterocycles. The molecule has 1 unspecified atom stereocenters. The molecule has 1 aliphatic heterocycles. The fraction of sp³-hybridized carbons (Fsp3) is 0.692. The molecule has 0 spiro atoms. The highest BCUT2D eigenvalue weighted by molar-refractivity contribution is 5.25. The Morgan fingerprint density at radius 2 is 2.39 bits per heavy atom.